The van der Waals surface area contributed by atoms with Crippen LogP contribution in [0, 0.1) is 12.8 Å². The molecule has 3 rings (SSSR count). The number of aromatic nitrogens is 1. The standard InChI is InChI=1S/C34H42N2O6/c1-23-16-17-27-21-29(42-34(39)31(27)32(23)38)25(3)19-28-22-41-33(35-28)24(2)15-13-11-9-7-8-10-12-14-18-36(5)30(37)20-26(4)40-6/h7,9,11-14,16-17,20,22,25,29,38H,2,8,10,15,18-19,21H2,1,3-6H3/b9-7-,13-11-,14-12+,26-20+/t25-,29+/m0/s1. The summed E-state index contributed by atoms with van der Waals surface area (Å²) in [4.78, 5) is 30.7. The van der Waals surface area contributed by atoms with Gasteiger partial charge >= 0.3 is 5.97 Å². The fourth-order valence-corrected chi connectivity index (χ4v) is 4.46. The van der Waals surface area contributed by atoms with Gasteiger partial charge in [-0.2, -0.15) is 0 Å². The van der Waals surface area contributed by atoms with Crippen molar-refractivity contribution in [3.05, 3.63) is 102 Å². The number of aromatic hydroxyl groups is 1. The maximum atomic E-state index is 12.6. The summed E-state index contributed by atoms with van der Waals surface area (Å²) < 4.78 is 16.3. The SMILES string of the molecule is C=C(C/C=C\C=C/CC/C=C/CN(C)C(=O)/C=C(\C)OC)c1nc(C[C@H](C)[C@H]2Cc3ccc(C)c(O)c3C(=O)O2)co1. The number of benzene rings is 1. The molecule has 8 heteroatoms. The molecule has 0 spiro atoms. The predicted molar refractivity (Wildman–Crippen MR) is 164 cm³/mol. The van der Waals surface area contributed by atoms with Crippen LogP contribution in [0.1, 0.15) is 66.2 Å². The Kier molecular flexibility index (Phi) is 12.0. The van der Waals surface area contributed by atoms with Gasteiger partial charge in [-0.15, -0.1) is 0 Å². The maximum absolute atomic E-state index is 12.6. The first-order chi connectivity index (χ1) is 20.1. The number of carbonyl (C=O) groups excluding carboxylic acids is 2. The van der Waals surface area contributed by atoms with Crippen LogP contribution in [0.5, 0.6) is 5.75 Å². The highest BCUT2D eigenvalue weighted by atomic mass is 16.5. The lowest BCUT2D eigenvalue weighted by atomic mass is 9.88. The van der Waals surface area contributed by atoms with Crippen molar-refractivity contribution in [3.8, 4) is 5.75 Å². The van der Waals surface area contributed by atoms with Crippen molar-refractivity contribution in [3.63, 3.8) is 0 Å². The summed E-state index contributed by atoms with van der Waals surface area (Å²) >= 11 is 0. The minimum absolute atomic E-state index is 0.00154. The molecule has 2 heterocycles. The summed E-state index contributed by atoms with van der Waals surface area (Å²) in [5.41, 5.74) is 3.30. The maximum Gasteiger partial charge on any atom is 0.342 e. The van der Waals surface area contributed by atoms with Crippen molar-refractivity contribution in [1.82, 2.24) is 9.88 Å². The number of methoxy groups -OCH3 is 1. The first kappa shape index (κ1) is 32.2. The summed E-state index contributed by atoms with van der Waals surface area (Å²) in [5, 5.41) is 10.3. The second-order valence-electron chi connectivity index (χ2n) is 10.6. The molecule has 1 aromatic heterocycles. The Balaban J connectivity index is 1.38. The zero-order chi connectivity index (χ0) is 30.6. The zero-order valence-corrected chi connectivity index (χ0v) is 25.3. The van der Waals surface area contributed by atoms with Crippen LogP contribution in [0.25, 0.3) is 5.57 Å². The van der Waals surface area contributed by atoms with Crippen LogP contribution in [-0.2, 0) is 27.1 Å². The Labute approximate surface area is 248 Å². The number of allylic oxidation sites excluding steroid dienone is 7. The molecule has 0 bridgehead atoms. The van der Waals surface area contributed by atoms with E-state index >= 15 is 0 Å². The highest BCUT2D eigenvalue weighted by Crippen LogP contribution is 2.33. The van der Waals surface area contributed by atoms with Crippen molar-refractivity contribution in [1.29, 1.82) is 0 Å². The van der Waals surface area contributed by atoms with E-state index in [9.17, 15) is 14.7 Å². The monoisotopic (exact) mass is 574 g/mol. The number of phenolic OH excluding ortho intramolecular Hbond substituents is 1. The van der Waals surface area contributed by atoms with E-state index in [4.69, 9.17) is 13.9 Å². The van der Waals surface area contributed by atoms with Gasteiger partial charge in [-0.3, -0.25) is 4.79 Å². The van der Waals surface area contributed by atoms with E-state index in [0.717, 1.165) is 29.7 Å². The number of hydrogen-bond donors (Lipinski definition) is 1. The minimum atomic E-state index is -0.483. The summed E-state index contributed by atoms with van der Waals surface area (Å²) in [7, 11) is 3.30. The number of carbonyl (C=O) groups is 2. The molecule has 224 valence electrons. The fraction of sp³-hybridized carbons (Fsp3) is 0.382. The van der Waals surface area contributed by atoms with Crippen LogP contribution in [0.3, 0.4) is 0 Å². The summed E-state index contributed by atoms with van der Waals surface area (Å²) in [6, 6.07) is 3.71. The normalized spacial score (nSPS) is 16.2. The van der Waals surface area contributed by atoms with Gasteiger partial charge in [-0.1, -0.05) is 62.1 Å². The lowest BCUT2D eigenvalue weighted by Crippen LogP contribution is -2.33. The van der Waals surface area contributed by atoms with Gasteiger partial charge in [0, 0.05) is 31.7 Å². The van der Waals surface area contributed by atoms with Gasteiger partial charge in [0.15, 0.2) is 0 Å². The van der Waals surface area contributed by atoms with Crippen molar-refractivity contribution < 1.29 is 28.6 Å². The third kappa shape index (κ3) is 9.09. The van der Waals surface area contributed by atoms with Gasteiger partial charge in [-0.05, 0) is 56.6 Å². The van der Waals surface area contributed by atoms with Gasteiger partial charge in [0.1, 0.15) is 23.7 Å². The number of esters is 1. The lowest BCUT2D eigenvalue weighted by molar-refractivity contribution is -0.124. The Bertz CT molecular complexity index is 1380. The number of oxazole rings is 1. The van der Waals surface area contributed by atoms with Crippen LogP contribution in [0.15, 0.2) is 77.7 Å². The Morgan fingerprint density at radius 1 is 1.24 bits per heavy atom. The van der Waals surface area contributed by atoms with Gasteiger partial charge < -0.3 is 23.9 Å². The van der Waals surface area contributed by atoms with Crippen LogP contribution in [0.4, 0.5) is 0 Å². The second-order valence-corrected chi connectivity index (χ2v) is 10.6. The largest absolute Gasteiger partial charge is 0.507 e. The number of hydrogen-bond acceptors (Lipinski definition) is 7. The van der Waals surface area contributed by atoms with Crippen LogP contribution >= 0.6 is 0 Å². The summed E-state index contributed by atoms with van der Waals surface area (Å²) in [6.07, 6.45) is 18.5. The van der Waals surface area contributed by atoms with E-state index < -0.39 is 5.97 Å². The van der Waals surface area contributed by atoms with Crippen LogP contribution in [0.2, 0.25) is 0 Å². The third-order valence-electron chi connectivity index (χ3n) is 7.19. The number of fused-ring (bicyclic) bond motifs is 1. The van der Waals surface area contributed by atoms with E-state index in [1.165, 1.54) is 6.08 Å². The Morgan fingerprint density at radius 3 is 2.74 bits per heavy atom. The molecule has 0 aliphatic carbocycles. The zero-order valence-electron chi connectivity index (χ0n) is 25.3. The number of amides is 1. The number of nitrogens with zero attached hydrogens (tertiary/aromatic N) is 2. The number of rotatable bonds is 14. The van der Waals surface area contributed by atoms with E-state index in [1.807, 2.05) is 43.4 Å². The molecule has 1 aromatic carbocycles. The number of likely N-dealkylation sites (N-methyl/N-ethyl adjacent to an activating group) is 1. The average molecular weight is 575 g/mol. The summed E-state index contributed by atoms with van der Waals surface area (Å²) in [5.74, 6) is 0.534. The molecule has 0 unspecified atom stereocenters. The topological polar surface area (TPSA) is 102 Å². The number of cyclic esters (lactones) is 1. The van der Waals surface area contributed by atoms with Gasteiger partial charge in [0.25, 0.3) is 0 Å². The quantitative estimate of drug-likeness (QED) is 0.0685. The first-order valence-corrected chi connectivity index (χ1v) is 14.2. The number of unbranched alkanes of at least 4 members (excludes halogenated alkanes) is 1. The van der Waals surface area contributed by atoms with E-state index in [1.54, 1.807) is 39.2 Å². The van der Waals surface area contributed by atoms with Crippen LogP contribution < -0.4 is 0 Å². The van der Waals surface area contributed by atoms with Gasteiger partial charge in [0.05, 0.1) is 18.6 Å². The Hall–Kier alpha value is -4.33. The molecule has 2 aromatic rings. The van der Waals surface area contributed by atoms with Crippen molar-refractivity contribution >= 4 is 17.4 Å². The molecule has 42 heavy (non-hydrogen) atoms. The molecular formula is C34H42N2O6. The molecule has 1 aliphatic heterocycles. The summed E-state index contributed by atoms with van der Waals surface area (Å²) in [6.45, 7) is 10.2. The fourth-order valence-electron chi connectivity index (χ4n) is 4.46. The lowest BCUT2D eigenvalue weighted by Gasteiger charge is -2.29. The molecule has 0 saturated carbocycles. The number of phenols is 1. The highest BCUT2D eigenvalue weighted by Gasteiger charge is 2.33. The smallest absolute Gasteiger partial charge is 0.342 e. The van der Waals surface area contributed by atoms with Crippen molar-refractivity contribution in [2.45, 2.75) is 59.0 Å². The Morgan fingerprint density at radius 2 is 1.98 bits per heavy atom. The first-order valence-electron chi connectivity index (χ1n) is 14.2. The molecule has 2 atom stereocenters. The average Bonchev–Trinajstić information content (AvgIpc) is 3.43. The van der Waals surface area contributed by atoms with Gasteiger partial charge in [0.2, 0.25) is 11.8 Å². The molecule has 0 saturated heterocycles. The highest BCUT2D eigenvalue weighted by molar-refractivity contribution is 5.95. The molecule has 1 N–H and O–H groups in total. The predicted octanol–water partition coefficient (Wildman–Crippen LogP) is 6.51. The van der Waals surface area contributed by atoms with Crippen molar-refractivity contribution in [2.24, 2.45) is 5.92 Å². The van der Waals surface area contributed by atoms with E-state index in [2.05, 4.69) is 23.7 Å². The third-order valence-corrected chi connectivity index (χ3v) is 7.19. The van der Waals surface area contributed by atoms with Crippen LogP contribution in [-0.4, -0.2) is 53.7 Å². The molecule has 0 fully saturated rings. The van der Waals surface area contributed by atoms with Gasteiger partial charge in [-0.25, -0.2) is 9.78 Å². The minimum Gasteiger partial charge on any atom is -0.507 e. The van der Waals surface area contributed by atoms with E-state index in [0.29, 0.717) is 43.0 Å². The number of aryl methyl sites for hydroxylation is 1. The molecule has 8 nitrogen and oxygen atoms in total. The molecule has 1 amide bonds. The van der Waals surface area contributed by atoms with E-state index in [-0.39, 0.29) is 29.2 Å². The molecular weight excluding hydrogens is 532 g/mol. The second kappa shape index (κ2) is 15.6. The molecule has 1 aliphatic rings. The van der Waals surface area contributed by atoms with Crippen molar-refractivity contribution in [2.75, 3.05) is 20.7 Å². The molecule has 0 radical (unpaired) electrons. The number of ether oxygens (including phenoxy) is 2.